The molecule has 0 aliphatic carbocycles. The highest BCUT2D eigenvalue weighted by molar-refractivity contribution is 9.10. The molecular formula is C23H19BrClN3O3. The van der Waals surface area contributed by atoms with Gasteiger partial charge in [0.1, 0.15) is 12.4 Å². The van der Waals surface area contributed by atoms with Crippen LogP contribution in [0, 0.1) is 6.92 Å². The van der Waals surface area contributed by atoms with E-state index in [4.69, 9.17) is 16.3 Å². The van der Waals surface area contributed by atoms with Gasteiger partial charge in [-0.25, -0.2) is 5.43 Å². The van der Waals surface area contributed by atoms with E-state index >= 15 is 0 Å². The highest BCUT2D eigenvalue weighted by Gasteiger charge is 2.14. The van der Waals surface area contributed by atoms with Crippen molar-refractivity contribution in [3.05, 3.63) is 92.9 Å². The number of carbonyl (C=O) groups excluding carboxylic acids is 2. The number of rotatable bonds is 6. The summed E-state index contributed by atoms with van der Waals surface area (Å²) in [6.07, 6.45) is 1.44. The third kappa shape index (κ3) is 6.94. The maximum Gasteiger partial charge on any atom is 0.329 e. The number of benzene rings is 3. The largest absolute Gasteiger partial charge is 0.489 e. The molecule has 0 aliphatic rings. The minimum atomic E-state index is -0.861. The lowest BCUT2D eigenvalue weighted by Gasteiger charge is -2.07. The third-order valence-electron chi connectivity index (χ3n) is 4.20. The Balaban J connectivity index is 1.48. The predicted molar refractivity (Wildman–Crippen MR) is 125 cm³/mol. The van der Waals surface area contributed by atoms with Gasteiger partial charge in [-0.05, 0) is 78.2 Å². The van der Waals surface area contributed by atoms with Gasteiger partial charge < -0.3 is 10.1 Å². The van der Waals surface area contributed by atoms with Crippen LogP contribution in [-0.2, 0) is 16.2 Å². The zero-order chi connectivity index (χ0) is 22.2. The number of hydrazone groups is 1. The van der Waals surface area contributed by atoms with Gasteiger partial charge in [0, 0.05) is 15.2 Å². The van der Waals surface area contributed by atoms with Crippen LogP contribution in [0.15, 0.2) is 76.3 Å². The van der Waals surface area contributed by atoms with E-state index in [0.29, 0.717) is 23.1 Å². The Bertz CT molecular complexity index is 1120. The van der Waals surface area contributed by atoms with E-state index in [1.807, 2.05) is 37.3 Å². The molecule has 6 nitrogen and oxygen atoms in total. The number of hydrogen-bond acceptors (Lipinski definition) is 4. The van der Waals surface area contributed by atoms with Crippen molar-refractivity contribution in [2.45, 2.75) is 13.5 Å². The molecule has 0 radical (unpaired) electrons. The number of ether oxygens (including phenoxy) is 1. The molecule has 2 N–H and O–H groups in total. The summed E-state index contributed by atoms with van der Waals surface area (Å²) in [6, 6.07) is 19.9. The van der Waals surface area contributed by atoms with E-state index in [9.17, 15) is 9.59 Å². The molecule has 0 aliphatic heterocycles. The third-order valence-corrected chi connectivity index (χ3v) is 4.93. The number of nitrogens with one attached hydrogen (secondary N) is 2. The molecule has 0 bridgehead atoms. The molecule has 3 aromatic carbocycles. The van der Waals surface area contributed by atoms with Crippen LogP contribution in [0.25, 0.3) is 0 Å². The summed E-state index contributed by atoms with van der Waals surface area (Å²) in [7, 11) is 0. The topological polar surface area (TPSA) is 79.8 Å². The number of aryl methyl sites for hydroxylation is 1. The highest BCUT2D eigenvalue weighted by atomic mass is 79.9. The van der Waals surface area contributed by atoms with Gasteiger partial charge in [-0.1, -0.05) is 39.7 Å². The average molecular weight is 501 g/mol. The van der Waals surface area contributed by atoms with Crippen LogP contribution in [0.3, 0.4) is 0 Å². The van der Waals surface area contributed by atoms with E-state index in [2.05, 4.69) is 31.8 Å². The summed E-state index contributed by atoms with van der Waals surface area (Å²) in [4.78, 5) is 24.0. The normalized spacial score (nSPS) is 10.7. The first-order valence-corrected chi connectivity index (χ1v) is 10.5. The summed E-state index contributed by atoms with van der Waals surface area (Å²) in [5.41, 5.74) is 5.31. The van der Waals surface area contributed by atoms with Crippen molar-refractivity contribution < 1.29 is 14.3 Å². The molecule has 158 valence electrons. The van der Waals surface area contributed by atoms with Crippen molar-refractivity contribution in [3.63, 3.8) is 0 Å². The molecule has 8 heteroatoms. The van der Waals surface area contributed by atoms with Gasteiger partial charge in [0.2, 0.25) is 0 Å². The predicted octanol–water partition coefficient (Wildman–Crippen LogP) is 5.08. The Morgan fingerprint density at radius 1 is 1.06 bits per heavy atom. The van der Waals surface area contributed by atoms with E-state index in [1.54, 1.807) is 36.4 Å². The van der Waals surface area contributed by atoms with Crippen molar-refractivity contribution in [1.82, 2.24) is 5.43 Å². The fourth-order valence-electron chi connectivity index (χ4n) is 2.61. The molecule has 0 spiro atoms. The molecule has 0 atom stereocenters. The van der Waals surface area contributed by atoms with Crippen molar-refractivity contribution in [2.24, 2.45) is 5.10 Å². The number of nitrogens with zero attached hydrogens (tertiary/aromatic N) is 1. The maximum atomic E-state index is 12.0. The quantitative estimate of drug-likeness (QED) is 0.281. The van der Waals surface area contributed by atoms with E-state index in [1.165, 1.54) is 6.21 Å². The standard InChI is InChI=1S/C23H19BrClN3O3/c1-15-11-18(24)7-10-21(15)27-22(29)23(30)28-26-13-16-5-8-20(9-6-16)31-14-17-3-2-4-19(25)12-17/h2-13H,14H2,1H3,(H,27,29)(H,28,30)/b26-13+. The first kappa shape index (κ1) is 22.5. The maximum absolute atomic E-state index is 12.0. The number of amides is 2. The first-order valence-electron chi connectivity index (χ1n) is 9.28. The molecule has 3 rings (SSSR count). The van der Waals surface area contributed by atoms with Crippen molar-refractivity contribution >= 4 is 51.2 Å². The van der Waals surface area contributed by atoms with Crippen LogP contribution in [-0.4, -0.2) is 18.0 Å². The van der Waals surface area contributed by atoms with Crippen LogP contribution < -0.4 is 15.5 Å². The monoisotopic (exact) mass is 499 g/mol. The Morgan fingerprint density at radius 3 is 2.55 bits per heavy atom. The van der Waals surface area contributed by atoms with Crippen LogP contribution in [0.4, 0.5) is 5.69 Å². The van der Waals surface area contributed by atoms with Gasteiger partial charge in [0.25, 0.3) is 0 Å². The fraction of sp³-hybridized carbons (Fsp3) is 0.0870. The van der Waals surface area contributed by atoms with Crippen LogP contribution in [0.5, 0.6) is 5.75 Å². The molecule has 3 aromatic rings. The van der Waals surface area contributed by atoms with E-state index in [-0.39, 0.29) is 0 Å². The zero-order valence-electron chi connectivity index (χ0n) is 16.6. The Labute approximate surface area is 193 Å². The Morgan fingerprint density at radius 2 is 1.84 bits per heavy atom. The van der Waals surface area contributed by atoms with Crippen LogP contribution >= 0.6 is 27.5 Å². The molecule has 0 heterocycles. The second-order valence-electron chi connectivity index (χ2n) is 6.60. The minimum Gasteiger partial charge on any atom is -0.489 e. The zero-order valence-corrected chi connectivity index (χ0v) is 18.9. The number of halogens is 2. The Hall–Kier alpha value is -3.16. The van der Waals surface area contributed by atoms with Gasteiger partial charge in [-0.2, -0.15) is 5.10 Å². The first-order chi connectivity index (χ1) is 14.9. The average Bonchev–Trinajstić information content (AvgIpc) is 2.75. The molecule has 0 saturated carbocycles. The molecule has 31 heavy (non-hydrogen) atoms. The Kier molecular flexibility index (Phi) is 7.81. The number of anilines is 1. The van der Waals surface area contributed by atoms with Gasteiger partial charge >= 0.3 is 11.8 Å². The van der Waals surface area contributed by atoms with Crippen molar-refractivity contribution in [1.29, 1.82) is 0 Å². The molecular weight excluding hydrogens is 482 g/mol. The van der Waals surface area contributed by atoms with Crippen molar-refractivity contribution in [3.8, 4) is 5.75 Å². The molecule has 0 unspecified atom stereocenters. The van der Waals surface area contributed by atoms with Gasteiger partial charge in [0.05, 0.1) is 6.21 Å². The SMILES string of the molecule is Cc1cc(Br)ccc1NC(=O)C(=O)N/N=C/c1ccc(OCc2cccc(Cl)c2)cc1. The molecule has 0 aromatic heterocycles. The highest BCUT2D eigenvalue weighted by Crippen LogP contribution is 2.20. The molecule has 2 amide bonds. The van der Waals surface area contributed by atoms with Crippen LogP contribution in [0.2, 0.25) is 5.02 Å². The van der Waals surface area contributed by atoms with Gasteiger partial charge in [-0.15, -0.1) is 0 Å². The fourth-order valence-corrected chi connectivity index (χ4v) is 3.29. The van der Waals surface area contributed by atoms with Gasteiger partial charge in [0.15, 0.2) is 0 Å². The van der Waals surface area contributed by atoms with Crippen LogP contribution in [0.1, 0.15) is 16.7 Å². The lowest BCUT2D eigenvalue weighted by atomic mass is 10.2. The lowest BCUT2D eigenvalue weighted by molar-refractivity contribution is -0.136. The van der Waals surface area contributed by atoms with E-state index < -0.39 is 11.8 Å². The second-order valence-corrected chi connectivity index (χ2v) is 7.95. The summed E-state index contributed by atoms with van der Waals surface area (Å²) in [6.45, 7) is 2.23. The smallest absolute Gasteiger partial charge is 0.329 e. The number of hydrogen-bond donors (Lipinski definition) is 2. The summed E-state index contributed by atoms with van der Waals surface area (Å²) in [5, 5.41) is 7.04. The van der Waals surface area contributed by atoms with Crippen molar-refractivity contribution in [2.75, 3.05) is 5.32 Å². The number of carbonyl (C=O) groups is 2. The summed E-state index contributed by atoms with van der Waals surface area (Å²) in [5.74, 6) is -0.974. The van der Waals surface area contributed by atoms with Gasteiger partial charge in [-0.3, -0.25) is 9.59 Å². The second kappa shape index (κ2) is 10.7. The summed E-state index contributed by atoms with van der Waals surface area (Å²) < 4.78 is 6.61. The van der Waals surface area contributed by atoms with E-state index in [0.717, 1.165) is 21.2 Å². The minimum absolute atomic E-state index is 0.400. The summed E-state index contributed by atoms with van der Waals surface area (Å²) >= 11 is 9.31. The molecule has 0 saturated heterocycles. The lowest BCUT2D eigenvalue weighted by Crippen LogP contribution is -2.32. The molecule has 0 fully saturated rings.